The van der Waals surface area contributed by atoms with Crippen molar-refractivity contribution < 1.29 is 18.7 Å². The summed E-state index contributed by atoms with van der Waals surface area (Å²) in [5, 5.41) is 2.69. The van der Waals surface area contributed by atoms with Gasteiger partial charge in [0.15, 0.2) is 11.6 Å². The fourth-order valence-corrected chi connectivity index (χ4v) is 4.00. The highest BCUT2D eigenvalue weighted by molar-refractivity contribution is 6.01. The van der Waals surface area contributed by atoms with Crippen molar-refractivity contribution in [3.8, 4) is 5.75 Å². The minimum atomic E-state index is -0.570. The first-order valence-electron chi connectivity index (χ1n) is 8.98. The van der Waals surface area contributed by atoms with Crippen LogP contribution in [0.2, 0.25) is 0 Å². The SMILES string of the molecule is C=C1CCC(N2Cc3cc(O[C@@H]4CCC[C@H]4N)c(F)cc3C2=O)C(=O)N1. The summed E-state index contributed by atoms with van der Waals surface area (Å²) in [6.07, 6.45) is 3.57. The Morgan fingerprint density at radius 2 is 2.08 bits per heavy atom. The van der Waals surface area contributed by atoms with E-state index in [1.54, 1.807) is 6.07 Å². The van der Waals surface area contributed by atoms with E-state index in [1.165, 1.54) is 11.0 Å². The zero-order valence-corrected chi connectivity index (χ0v) is 14.5. The summed E-state index contributed by atoms with van der Waals surface area (Å²) in [6.45, 7) is 4.02. The van der Waals surface area contributed by atoms with Gasteiger partial charge in [0.05, 0.1) is 0 Å². The number of hydrogen-bond acceptors (Lipinski definition) is 4. The highest BCUT2D eigenvalue weighted by atomic mass is 19.1. The summed E-state index contributed by atoms with van der Waals surface area (Å²) in [6, 6.07) is 2.14. The molecular weight excluding hydrogens is 337 g/mol. The van der Waals surface area contributed by atoms with Crippen molar-refractivity contribution in [2.45, 2.75) is 56.8 Å². The molecule has 1 aliphatic carbocycles. The number of nitrogens with zero attached hydrogens (tertiary/aromatic N) is 1. The Kier molecular flexibility index (Phi) is 4.19. The number of nitrogens with two attached hydrogens (primary N) is 1. The molecule has 0 radical (unpaired) electrons. The van der Waals surface area contributed by atoms with Gasteiger partial charge in [-0.05, 0) is 49.8 Å². The molecule has 1 aromatic rings. The van der Waals surface area contributed by atoms with Gasteiger partial charge in [-0.2, -0.15) is 0 Å². The van der Waals surface area contributed by atoms with Crippen LogP contribution < -0.4 is 15.8 Å². The lowest BCUT2D eigenvalue weighted by molar-refractivity contribution is -0.126. The molecular formula is C19H22FN3O3. The van der Waals surface area contributed by atoms with Gasteiger partial charge in [-0.1, -0.05) is 6.58 Å². The van der Waals surface area contributed by atoms with Crippen molar-refractivity contribution in [3.05, 3.63) is 41.4 Å². The Morgan fingerprint density at radius 1 is 1.27 bits per heavy atom. The molecule has 3 aliphatic rings. The first kappa shape index (κ1) is 17.0. The van der Waals surface area contributed by atoms with Gasteiger partial charge >= 0.3 is 0 Å². The second-order valence-electron chi connectivity index (χ2n) is 7.27. The van der Waals surface area contributed by atoms with Crippen molar-refractivity contribution in [1.82, 2.24) is 10.2 Å². The third-order valence-electron chi connectivity index (χ3n) is 5.47. The van der Waals surface area contributed by atoms with Gasteiger partial charge in [-0.25, -0.2) is 4.39 Å². The van der Waals surface area contributed by atoms with Crippen LogP contribution in [0.5, 0.6) is 5.75 Å². The van der Waals surface area contributed by atoms with Crippen LogP contribution >= 0.6 is 0 Å². The smallest absolute Gasteiger partial charge is 0.255 e. The molecule has 6 nitrogen and oxygen atoms in total. The lowest BCUT2D eigenvalue weighted by Crippen LogP contribution is -2.49. The molecule has 3 atom stereocenters. The number of ether oxygens (including phenoxy) is 1. The van der Waals surface area contributed by atoms with Crippen LogP contribution in [0.4, 0.5) is 4.39 Å². The van der Waals surface area contributed by atoms with Gasteiger partial charge in [0.2, 0.25) is 5.91 Å². The summed E-state index contributed by atoms with van der Waals surface area (Å²) in [5.41, 5.74) is 7.62. The topological polar surface area (TPSA) is 84.7 Å². The fraction of sp³-hybridized carbons (Fsp3) is 0.474. The molecule has 2 fully saturated rings. The molecule has 2 aliphatic heterocycles. The molecule has 26 heavy (non-hydrogen) atoms. The van der Waals surface area contributed by atoms with Crippen molar-refractivity contribution in [2.24, 2.45) is 5.73 Å². The summed E-state index contributed by atoms with van der Waals surface area (Å²) < 4.78 is 20.2. The van der Waals surface area contributed by atoms with E-state index in [2.05, 4.69) is 11.9 Å². The number of carbonyl (C=O) groups excluding carboxylic acids is 2. The predicted molar refractivity (Wildman–Crippen MR) is 92.8 cm³/mol. The first-order valence-corrected chi connectivity index (χ1v) is 8.98. The first-order chi connectivity index (χ1) is 12.4. The second kappa shape index (κ2) is 6.39. The van der Waals surface area contributed by atoms with E-state index in [4.69, 9.17) is 10.5 Å². The fourth-order valence-electron chi connectivity index (χ4n) is 4.00. The van der Waals surface area contributed by atoms with Crippen LogP contribution in [0, 0.1) is 5.82 Å². The third kappa shape index (κ3) is 2.86. The summed E-state index contributed by atoms with van der Waals surface area (Å²) >= 11 is 0. The number of fused-ring (bicyclic) bond motifs is 1. The van der Waals surface area contributed by atoms with Gasteiger partial charge in [-0.3, -0.25) is 9.59 Å². The molecule has 1 aromatic carbocycles. The molecule has 1 saturated carbocycles. The molecule has 0 aromatic heterocycles. The molecule has 4 rings (SSSR count). The van der Waals surface area contributed by atoms with Crippen LogP contribution in [0.15, 0.2) is 24.4 Å². The zero-order chi connectivity index (χ0) is 18.4. The Balaban J connectivity index is 1.56. The number of nitrogens with one attached hydrogen (secondary N) is 1. The third-order valence-corrected chi connectivity index (χ3v) is 5.47. The zero-order valence-electron chi connectivity index (χ0n) is 14.5. The van der Waals surface area contributed by atoms with Crippen LogP contribution in [0.25, 0.3) is 0 Å². The molecule has 3 N–H and O–H groups in total. The van der Waals surface area contributed by atoms with Crippen molar-refractivity contribution in [1.29, 1.82) is 0 Å². The minimum absolute atomic E-state index is 0.0974. The number of carbonyl (C=O) groups is 2. The molecule has 2 amide bonds. The highest BCUT2D eigenvalue weighted by Crippen LogP contribution is 2.34. The number of hydrogen-bond donors (Lipinski definition) is 2. The number of amides is 2. The molecule has 1 saturated heterocycles. The molecule has 0 bridgehead atoms. The maximum absolute atomic E-state index is 14.5. The van der Waals surface area contributed by atoms with E-state index in [0.717, 1.165) is 19.3 Å². The molecule has 2 heterocycles. The monoisotopic (exact) mass is 359 g/mol. The van der Waals surface area contributed by atoms with E-state index in [-0.39, 0.29) is 36.3 Å². The van der Waals surface area contributed by atoms with E-state index in [9.17, 15) is 14.0 Å². The molecule has 138 valence electrons. The molecule has 1 unspecified atom stereocenters. The maximum atomic E-state index is 14.5. The van der Waals surface area contributed by atoms with E-state index in [0.29, 0.717) is 29.7 Å². The largest absolute Gasteiger partial charge is 0.486 e. The van der Waals surface area contributed by atoms with Crippen molar-refractivity contribution in [3.63, 3.8) is 0 Å². The van der Waals surface area contributed by atoms with Gasteiger partial charge < -0.3 is 20.7 Å². The van der Waals surface area contributed by atoms with Crippen LogP contribution in [0.1, 0.15) is 48.0 Å². The van der Waals surface area contributed by atoms with Crippen LogP contribution in [-0.2, 0) is 11.3 Å². The highest BCUT2D eigenvalue weighted by Gasteiger charge is 2.39. The van der Waals surface area contributed by atoms with Gasteiger partial charge in [0.1, 0.15) is 12.1 Å². The average molecular weight is 359 g/mol. The molecule has 7 heteroatoms. The standard InChI is InChI=1S/C19H22FN3O3/c1-10-5-6-15(18(24)22-10)23-9-11-7-17(13(20)8-12(11)19(23)25)26-16-4-2-3-14(16)21/h7-8,14-16H,1-6,9,21H2,(H,22,24)/t14-,15?,16-/m1/s1. The maximum Gasteiger partial charge on any atom is 0.255 e. The van der Waals surface area contributed by atoms with E-state index < -0.39 is 11.9 Å². The Hall–Kier alpha value is -2.41. The molecule has 0 spiro atoms. The van der Waals surface area contributed by atoms with Crippen molar-refractivity contribution in [2.75, 3.05) is 0 Å². The number of piperidine rings is 1. The number of rotatable bonds is 3. The quantitative estimate of drug-likeness (QED) is 0.862. The Bertz CT molecular complexity index is 794. The van der Waals surface area contributed by atoms with Crippen LogP contribution in [-0.4, -0.2) is 34.9 Å². The minimum Gasteiger partial charge on any atom is -0.486 e. The summed E-state index contributed by atoms with van der Waals surface area (Å²) in [4.78, 5) is 26.4. The number of halogens is 1. The predicted octanol–water partition coefficient (Wildman–Crippen LogP) is 1.83. The summed E-state index contributed by atoms with van der Waals surface area (Å²) in [5.74, 6) is -1.01. The second-order valence-corrected chi connectivity index (χ2v) is 7.27. The average Bonchev–Trinajstić information content (AvgIpc) is 3.13. The number of allylic oxidation sites excluding steroid dienone is 1. The normalized spacial score (nSPS) is 28.3. The van der Waals surface area contributed by atoms with E-state index >= 15 is 0 Å². The van der Waals surface area contributed by atoms with Gasteiger partial charge in [-0.15, -0.1) is 0 Å². The Morgan fingerprint density at radius 3 is 2.77 bits per heavy atom. The lowest BCUT2D eigenvalue weighted by Gasteiger charge is -2.30. The van der Waals surface area contributed by atoms with Gasteiger partial charge in [0.25, 0.3) is 5.91 Å². The van der Waals surface area contributed by atoms with Gasteiger partial charge in [0, 0.05) is 23.8 Å². The van der Waals surface area contributed by atoms with E-state index in [1.807, 2.05) is 0 Å². The lowest BCUT2D eigenvalue weighted by atomic mass is 10.0. The van der Waals surface area contributed by atoms with Crippen LogP contribution in [0.3, 0.4) is 0 Å². The number of benzene rings is 1. The summed E-state index contributed by atoms with van der Waals surface area (Å²) in [7, 11) is 0. The Labute approximate surface area is 151 Å². The van der Waals surface area contributed by atoms with Crippen molar-refractivity contribution >= 4 is 11.8 Å².